The highest BCUT2D eigenvalue weighted by atomic mass is 35.5. The predicted molar refractivity (Wildman–Crippen MR) is 58.7 cm³/mol. The SMILES string of the molecule is COC(C)CNS(=O)(=O)c1cnc(Cl)nc1. The summed E-state index contributed by atoms with van der Waals surface area (Å²) in [5, 5.41) is 0.00390. The molecule has 1 heterocycles. The number of halogens is 1. The number of nitrogens with one attached hydrogen (secondary N) is 1. The summed E-state index contributed by atoms with van der Waals surface area (Å²) in [5.41, 5.74) is 0. The molecule has 0 saturated carbocycles. The number of ether oxygens (including phenoxy) is 1. The maximum Gasteiger partial charge on any atom is 0.243 e. The van der Waals surface area contributed by atoms with Gasteiger partial charge in [-0.25, -0.2) is 23.1 Å². The topological polar surface area (TPSA) is 81.2 Å². The molecule has 0 radical (unpaired) electrons. The van der Waals surface area contributed by atoms with Gasteiger partial charge in [0.1, 0.15) is 4.90 Å². The smallest absolute Gasteiger partial charge is 0.243 e. The van der Waals surface area contributed by atoms with Gasteiger partial charge in [0.2, 0.25) is 15.3 Å². The van der Waals surface area contributed by atoms with Gasteiger partial charge in [-0.05, 0) is 18.5 Å². The van der Waals surface area contributed by atoms with Gasteiger partial charge in [0.25, 0.3) is 0 Å². The summed E-state index contributed by atoms with van der Waals surface area (Å²) in [4.78, 5) is 7.17. The van der Waals surface area contributed by atoms with Crippen LogP contribution in [0.5, 0.6) is 0 Å². The molecule has 0 aliphatic rings. The minimum absolute atomic E-state index is 0.00390. The zero-order valence-corrected chi connectivity index (χ0v) is 10.4. The molecule has 1 atom stereocenters. The summed E-state index contributed by atoms with van der Waals surface area (Å²) in [6, 6.07) is 0. The number of hydrogen-bond donors (Lipinski definition) is 1. The maximum absolute atomic E-state index is 11.7. The van der Waals surface area contributed by atoms with E-state index in [0.29, 0.717) is 0 Å². The summed E-state index contributed by atoms with van der Waals surface area (Å²) in [6.07, 6.45) is 2.09. The van der Waals surface area contributed by atoms with E-state index in [1.165, 1.54) is 7.11 Å². The molecule has 90 valence electrons. The van der Waals surface area contributed by atoms with Gasteiger partial charge in [0, 0.05) is 13.7 Å². The first-order valence-electron chi connectivity index (χ1n) is 4.45. The Labute approximate surface area is 99.1 Å². The molecule has 8 heteroatoms. The monoisotopic (exact) mass is 265 g/mol. The van der Waals surface area contributed by atoms with Crippen molar-refractivity contribution in [3.05, 3.63) is 17.7 Å². The van der Waals surface area contributed by atoms with Gasteiger partial charge in [-0.2, -0.15) is 0 Å². The Morgan fingerprint density at radius 2 is 2.06 bits per heavy atom. The van der Waals surface area contributed by atoms with Gasteiger partial charge >= 0.3 is 0 Å². The lowest BCUT2D eigenvalue weighted by molar-refractivity contribution is 0.122. The first-order chi connectivity index (χ1) is 7.45. The number of hydrogen-bond acceptors (Lipinski definition) is 5. The molecule has 6 nitrogen and oxygen atoms in total. The van der Waals surface area contributed by atoms with Crippen LogP contribution in [0.3, 0.4) is 0 Å². The third-order valence-electron chi connectivity index (χ3n) is 1.87. The van der Waals surface area contributed by atoms with E-state index in [1.54, 1.807) is 6.92 Å². The van der Waals surface area contributed by atoms with Gasteiger partial charge < -0.3 is 4.74 Å². The molecule has 0 amide bonds. The average molecular weight is 266 g/mol. The molecular weight excluding hydrogens is 254 g/mol. The summed E-state index contributed by atoms with van der Waals surface area (Å²) in [6.45, 7) is 1.93. The van der Waals surface area contributed by atoms with Crippen molar-refractivity contribution in [3.63, 3.8) is 0 Å². The lowest BCUT2D eigenvalue weighted by Crippen LogP contribution is -2.31. The van der Waals surface area contributed by atoms with Gasteiger partial charge in [-0.3, -0.25) is 0 Å². The zero-order valence-electron chi connectivity index (χ0n) is 8.84. The van der Waals surface area contributed by atoms with Crippen LogP contribution >= 0.6 is 11.6 Å². The molecule has 1 aromatic rings. The second kappa shape index (κ2) is 5.53. The minimum Gasteiger partial charge on any atom is -0.380 e. The first kappa shape index (κ1) is 13.3. The highest BCUT2D eigenvalue weighted by molar-refractivity contribution is 7.89. The van der Waals surface area contributed by atoms with Crippen molar-refractivity contribution in [1.29, 1.82) is 0 Å². The number of aromatic nitrogens is 2. The third-order valence-corrected chi connectivity index (χ3v) is 3.44. The molecule has 1 rings (SSSR count). The minimum atomic E-state index is -3.60. The Kier molecular flexibility index (Phi) is 4.60. The Hall–Kier alpha value is -0.760. The molecule has 0 saturated heterocycles. The van der Waals surface area contributed by atoms with Crippen molar-refractivity contribution in [2.45, 2.75) is 17.9 Å². The molecule has 1 aromatic heterocycles. The largest absolute Gasteiger partial charge is 0.380 e. The second-order valence-electron chi connectivity index (χ2n) is 3.09. The number of nitrogens with zero attached hydrogens (tertiary/aromatic N) is 2. The van der Waals surface area contributed by atoms with Crippen molar-refractivity contribution in [3.8, 4) is 0 Å². The van der Waals surface area contributed by atoms with E-state index < -0.39 is 10.0 Å². The molecule has 0 spiro atoms. The predicted octanol–water partition coefficient (Wildman–Crippen LogP) is 0.443. The molecule has 1 unspecified atom stereocenters. The fraction of sp³-hybridized carbons (Fsp3) is 0.500. The normalized spacial score (nSPS) is 13.7. The molecule has 16 heavy (non-hydrogen) atoms. The van der Waals surface area contributed by atoms with Gasteiger partial charge in [-0.1, -0.05) is 0 Å². The third kappa shape index (κ3) is 3.67. The van der Waals surface area contributed by atoms with Crippen molar-refractivity contribution in [2.24, 2.45) is 0 Å². The van der Waals surface area contributed by atoms with E-state index in [9.17, 15) is 8.42 Å². The average Bonchev–Trinajstić information content (AvgIpc) is 2.26. The van der Waals surface area contributed by atoms with Crippen LogP contribution in [0.1, 0.15) is 6.92 Å². The van der Waals surface area contributed by atoms with Gasteiger partial charge in [0.15, 0.2) is 0 Å². The first-order valence-corrected chi connectivity index (χ1v) is 6.32. The molecule has 0 aliphatic carbocycles. The number of methoxy groups -OCH3 is 1. The van der Waals surface area contributed by atoms with E-state index >= 15 is 0 Å². The Morgan fingerprint density at radius 1 is 1.50 bits per heavy atom. The number of sulfonamides is 1. The van der Waals surface area contributed by atoms with Crippen LogP contribution < -0.4 is 4.72 Å². The highest BCUT2D eigenvalue weighted by Gasteiger charge is 2.15. The van der Waals surface area contributed by atoms with Crippen molar-refractivity contribution in [2.75, 3.05) is 13.7 Å². The Bertz CT molecular complexity index is 434. The standard InChI is InChI=1S/C8H12ClN3O3S/c1-6(15-2)3-12-16(13,14)7-4-10-8(9)11-5-7/h4-6,12H,3H2,1-2H3. The van der Waals surface area contributed by atoms with Gasteiger partial charge in [0.05, 0.1) is 18.5 Å². The van der Waals surface area contributed by atoms with Crippen molar-refractivity contribution >= 4 is 21.6 Å². The molecule has 0 bridgehead atoms. The van der Waals surface area contributed by atoms with Crippen LogP contribution in [0.25, 0.3) is 0 Å². The summed E-state index contributed by atoms with van der Waals surface area (Å²) in [5.74, 6) is 0. The van der Waals surface area contributed by atoms with Crippen LogP contribution in [0.15, 0.2) is 17.3 Å². The van der Waals surface area contributed by atoms with Crippen LogP contribution in [-0.2, 0) is 14.8 Å². The summed E-state index contributed by atoms with van der Waals surface area (Å²) < 4.78 is 30.6. The fourth-order valence-electron chi connectivity index (χ4n) is 0.833. The number of rotatable bonds is 5. The molecular formula is C8H12ClN3O3S. The fourth-order valence-corrected chi connectivity index (χ4v) is 1.93. The Morgan fingerprint density at radius 3 is 2.56 bits per heavy atom. The van der Waals surface area contributed by atoms with Crippen molar-refractivity contribution < 1.29 is 13.2 Å². The van der Waals surface area contributed by atoms with Gasteiger partial charge in [-0.15, -0.1) is 0 Å². The lowest BCUT2D eigenvalue weighted by Gasteiger charge is -2.10. The Balaban J connectivity index is 2.74. The van der Waals surface area contributed by atoms with E-state index in [2.05, 4.69) is 14.7 Å². The lowest BCUT2D eigenvalue weighted by atomic mass is 10.4. The van der Waals surface area contributed by atoms with Crippen LogP contribution in [0, 0.1) is 0 Å². The van der Waals surface area contributed by atoms with E-state index in [1.807, 2.05) is 0 Å². The zero-order chi connectivity index (χ0) is 12.2. The van der Waals surface area contributed by atoms with E-state index in [0.717, 1.165) is 12.4 Å². The second-order valence-corrected chi connectivity index (χ2v) is 5.19. The van der Waals surface area contributed by atoms with Crippen LogP contribution in [0.2, 0.25) is 5.28 Å². The molecule has 1 N–H and O–H groups in total. The van der Waals surface area contributed by atoms with Crippen LogP contribution in [0.4, 0.5) is 0 Å². The molecule has 0 fully saturated rings. The summed E-state index contributed by atoms with van der Waals surface area (Å²) in [7, 11) is -2.09. The highest BCUT2D eigenvalue weighted by Crippen LogP contribution is 2.07. The summed E-state index contributed by atoms with van der Waals surface area (Å²) >= 11 is 5.45. The van der Waals surface area contributed by atoms with Crippen LogP contribution in [-0.4, -0.2) is 38.1 Å². The molecule has 0 aliphatic heterocycles. The van der Waals surface area contributed by atoms with E-state index in [4.69, 9.17) is 16.3 Å². The van der Waals surface area contributed by atoms with E-state index in [-0.39, 0.29) is 22.8 Å². The van der Waals surface area contributed by atoms with Crippen molar-refractivity contribution in [1.82, 2.24) is 14.7 Å². The maximum atomic E-state index is 11.7. The quantitative estimate of drug-likeness (QED) is 0.782. The molecule has 0 aromatic carbocycles.